The van der Waals surface area contributed by atoms with Gasteiger partial charge in [-0.3, -0.25) is 9.79 Å². The summed E-state index contributed by atoms with van der Waals surface area (Å²) in [5.41, 5.74) is 2.21. The van der Waals surface area contributed by atoms with Crippen LogP contribution >= 0.6 is 0 Å². The Labute approximate surface area is 151 Å². The van der Waals surface area contributed by atoms with Crippen molar-refractivity contribution in [2.45, 2.75) is 39.7 Å². The zero-order valence-corrected chi connectivity index (χ0v) is 15.7. The van der Waals surface area contributed by atoms with Crippen molar-refractivity contribution in [2.24, 2.45) is 16.8 Å². The van der Waals surface area contributed by atoms with Crippen molar-refractivity contribution in [1.82, 2.24) is 10.2 Å². The van der Waals surface area contributed by atoms with Crippen LogP contribution in [-0.4, -0.2) is 43.4 Å². The number of hydrogen-bond donors (Lipinski definition) is 1. The standard InChI is InChI=1S/C20H30N4O/c1-15-11-16(2)14-23(13-15)20(21-3)22-12-17-6-8-18(9-7-17)24-10-4-5-19(24)25/h6-9,15-16H,4-5,10-14H2,1-3H3,(H,21,22). The number of carbonyl (C=O) groups excluding carboxylic acids is 1. The Balaban J connectivity index is 1.57. The van der Waals surface area contributed by atoms with E-state index in [-0.39, 0.29) is 5.91 Å². The fraction of sp³-hybridized carbons (Fsp3) is 0.600. The van der Waals surface area contributed by atoms with Gasteiger partial charge in [0.1, 0.15) is 0 Å². The Bertz CT molecular complexity index is 615. The van der Waals surface area contributed by atoms with Gasteiger partial charge in [0.2, 0.25) is 5.91 Å². The first-order valence-electron chi connectivity index (χ1n) is 9.41. The lowest BCUT2D eigenvalue weighted by atomic mass is 9.92. The van der Waals surface area contributed by atoms with E-state index >= 15 is 0 Å². The normalized spacial score (nSPS) is 24.8. The number of likely N-dealkylation sites (tertiary alicyclic amines) is 1. The average Bonchev–Trinajstić information content (AvgIpc) is 3.01. The molecular formula is C20H30N4O. The first-order chi connectivity index (χ1) is 12.1. The van der Waals surface area contributed by atoms with Crippen molar-refractivity contribution in [3.8, 4) is 0 Å². The molecule has 0 radical (unpaired) electrons. The third-order valence-electron chi connectivity index (χ3n) is 5.15. The fourth-order valence-electron chi connectivity index (χ4n) is 4.06. The molecule has 0 saturated carbocycles. The smallest absolute Gasteiger partial charge is 0.227 e. The lowest BCUT2D eigenvalue weighted by molar-refractivity contribution is -0.117. The molecule has 136 valence electrons. The summed E-state index contributed by atoms with van der Waals surface area (Å²) in [5.74, 6) is 2.64. The van der Waals surface area contributed by atoms with E-state index in [9.17, 15) is 4.79 Å². The van der Waals surface area contributed by atoms with E-state index in [1.165, 1.54) is 12.0 Å². The van der Waals surface area contributed by atoms with Gasteiger partial charge in [-0.1, -0.05) is 26.0 Å². The van der Waals surface area contributed by atoms with E-state index in [0.29, 0.717) is 18.3 Å². The van der Waals surface area contributed by atoms with Crippen LogP contribution in [0.3, 0.4) is 0 Å². The average molecular weight is 342 g/mol. The Morgan fingerprint density at radius 2 is 1.88 bits per heavy atom. The van der Waals surface area contributed by atoms with E-state index in [1.807, 2.05) is 24.1 Å². The molecule has 0 aromatic heterocycles. The largest absolute Gasteiger partial charge is 0.352 e. The van der Waals surface area contributed by atoms with Crippen LogP contribution < -0.4 is 10.2 Å². The SMILES string of the molecule is CN=C(NCc1ccc(N2CCCC2=O)cc1)N1CC(C)CC(C)C1. The summed E-state index contributed by atoms with van der Waals surface area (Å²) in [5, 5.41) is 3.49. The van der Waals surface area contributed by atoms with E-state index in [0.717, 1.165) is 44.2 Å². The fourth-order valence-corrected chi connectivity index (χ4v) is 4.06. The number of carbonyl (C=O) groups is 1. The summed E-state index contributed by atoms with van der Waals surface area (Å²) in [7, 11) is 1.86. The summed E-state index contributed by atoms with van der Waals surface area (Å²) in [6.07, 6.45) is 2.93. The first-order valence-corrected chi connectivity index (χ1v) is 9.41. The number of anilines is 1. The van der Waals surface area contributed by atoms with Crippen LogP contribution in [0, 0.1) is 11.8 Å². The molecular weight excluding hydrogens is 312 g/mol. The molecule has 5 nitrogen and oxygen atoms in total. The van der Waals surface area contributed by atoms with Crippen LogP contribution in [0.5, 0.6) is 0 Å². The van der Waals surface area contributed by atoms with E-state index < -0.39 is 0 Å². The predicted molar refractivity (Wildman–Crippen MR) is 103 cm³/mol. The quantitative estimate of drug-likeness (QED) is 0.679. The highest BCUT2D eigenvalue weighted by Gasteiger charge is 2.24. The summed E-state index contributed by atoms with van der Waals surface area (Å²) in [4.78, 5) is 20.6. The minimum absolute atomic E-state index is 0.236. The van der Waals surface area contributed by atoms with Gasteiger partial charge in [0.15, 0.2) is 5.96 Å². The van der Waals surface area contributed by atoms with Crippen molar-refractivity contribution >= 4 is 17.6 Å². The number of piperidine rings is 1. The van der Waals surface area contributed by atoms with Gasteiger partial charge < -0.3 is 15.1 Å². The van der Waals surface area contributed by atoms with Gasteiger partial charge in [0, 0.05) is 45.3 Å². The number of rotatable bonds is 3. The second-order valence-electron chi connectivity index (χ2n) is 7.57. The first kappa shape index (κ1) is 17.8. The molecule has 1 aromatic carbocycles. The zero-order chi connectivity index (χ0) is 17.8. The van der Waals surface area contributed by atoms with E-state index in [1.54, 1.807) is 0 Å². The molecule has 2 aliphatic heterocycles. The molecule has 0 aliphatic carbocycles. The van der Waals surface area contributed by atoms with Crippen molar-refractivity contribution in [2.75, 3.05) is 31.6 Å². The molecule has 2 atom stereocenters. The molecule has 5 heteroatoms. The molecule has 25 heavy (non-hydrogen) atoms. The van der Waals surface area contributed by atoms with Crippen molar-refractivity contribution in [1.29, 1.82) is 0 Å². The van der Waals surface area contributed by atoms with Crippen LogP contribution in [0.25, 0.3) is 0 Å². The number of benzene rings is 1. The Morgan fingerprint density at radius 1 is 1.20 bits per heavy atom. The maximum atomic E-state index is 11.8. The lowest BCUT2D eigenvalue weighted by Gasteiger charge is -2.37. The topological polar surface area (TPSA) is 47.9 Å². The Morgan fingerprint density at radius 3 is 2.44 bits per heavy atom. The van der Waals surface area contributed by atoms with Crippen LogP contribution in [0.1, 0.15) is 38.7 Å². The third kappa shape index (κ3) is 4.33. The summed E-state index contributed by atoms with van der Waals surface area (Å²) >= 11 is 0. The van der Waals surface area contributed by atoms with Crippen LogP contribution in [-0.2, 0) is 11.3 Å². The highest BCUT2D eigenvalue weighted by Crippen LogP contribution is 2.22. The maximum absolute atomic E-state index is 11.8. The molecule has 2 fully saturated rings. The number of aliphatic imine (C=N–C) groups is 1. The molecule has 3 rings (SSSR count). The highest BCUT2D eigenvalue weighted by atomic mass is 16.2. The molecule has 2 saturated heterocycles. The molecule has 2 heterocycles. The van der Waals surface area contributed by atoms with Crippen molar-refractivity contribution < 1.29 is 4.79 Å². The number of nitrogens with one attached hydrogen (secondary N) is 1. The molecule has 2 unspecified atom stereocenters. The summed E-state index contributed by atoms with van der Waals surface area (Å²) in [6.45, 7) is 8.36. The van der Waals surface area contributed by atoms with E-state index in [2.05, 4.69) is 41.2 Å². The number of hydrogen-bond acceptors (Lipinski definition) is 2. The monoisotopic (exact) mass is 342 g/mol. The van der Waals surface area contributed by atoms with Crippen LogP contribution in [0.15, 0.2) is 29.3 Å². The van der Waals surface area contributed by atoms with Crippen molar-refractivity contribution in [3.63, 3.8) is 0 Å². The van der Waals surface area contributed by atoms with Gasteiger partial charge >= 0.3 is 0 Å². The van der Waals surface area contributed by atoms with E-state index in [4.69, 9.17) is 0 Å². The van der Waals surface area contributed by atoms with Gasteiger partial charge in [-0.2, -0.15) is 0 Å². The van der Waals surface area contributed by atoms with Crippen molar-refractivity contribution in [3.05, 3.63) is 29.8 Å². The minimum Gasteiger partial charge on any atom is -0.352 e. The second kappa shape index (κ2) is 7.89. The molecule has 0 spiro atoms. The van der Waals surface area contributed by atoms with Crippen LogP contribution in [0.4, 0.5) is 5.69 Å². The van der Waals surface area contributed by atoms with Crippen LogP contribution in [0.2, 0.25) is 0 Å². The maximum Gasteiger partial charge on any atom is 0.227 e. The van der Waals surface area contributed by atoms with Gasteiger partial charge in [0.05, 0.1) is 0 Å². The van der Waals surface area contributed by atoms with Gasteiger partial charge in [-0.25, -0.2) is 0 Å². The number of guanidine groups is 1. The number of nitrogens with zero attached hydrogens (tertiary/aromatic N) is 3. The molecule has 1 amide bonds. The highest BCUT2D eigenvalue weighted by molar-refractivity contribution is 5.95. The van der Waals surface area contributed by atoms with Gasteiger partial charge in [-0.05, 0) is 42.4 Å². The lowest BCUT2D eigenvalue weighted by Crippen LogP contribution is -2.48. The predicted octanol–water partition coefficient (Wildman–Crippen LogP) is 2.87. The third-order valence-corrected chi connectivity index (χ3v) is 5.15. The Hall–Kier alpha value is -2.04. The molecule has 1 aromatic rings. The molecule has 0 bridgehead atoms. The number of amides is 1. The van der Waals surface area contributed by atoms with Gasteiger partial charge in [-0.15, -0.1) is 0 Å². The second-order valence-corrected chi connectivity index (χ2v) is 7.57. The molecule has 1 N–H and O–H groups in total. The van der Waals surface area contributed by atoms with Gasteiger partial charge in [0.25, 0.3) is 0 Å². The minimum atomic E-state index is 0.236. The zero-order valence-electron chi connectivity index (χ0n) is 15.7. The summed E-state index contributed by atoms with van der Waals surface area (Å²) in [6, 6.07) is 8.30. The molecule has 2 aliphatic rings. The Kier molecular flexibility index (Phi) is 5.61. The summed E-state index contributed by atoms with van der Waals surface area (Å²) < 4.78 is 0.